The summed E-state index contributed by atoms with van der Waals surface area (Å²) in [5, 5.41) is 3.11. The summed E-state index contributed by atoms with van der Waals surface area (Å²) in [6, 6.07) is 6.71. The van der Waals surface area contributed by atoms with Crippen LogP contribution in [0.2, 0.25) is 0 Å². The summed E-state index contributed by atoms with van der Waals surface area (Å²) in [5.74, 6) is 1.32. The largest absolute Gasteiger partial charge is 0.324 e. The normalized spacial score (nSPS) is 11.8. The Morgan fingerprint density at radius 1 is 1.11 bits per heavy atom. The molecule has 9 heteroatoms. The van der Waals surface area contributed by atoms with Crippen LogP contribution < -0.4 is 5.32 Å². The van der Waals surface area contributed by atoms with Crippen molar-refractivity contribution in [3.63, 3.8) is 0 Å². The minimum Gasteiger partial charge on any atom is -0.324 e. The van der Waals surface area contributed by atoms with Crippen LogP contribution in [0.4, 0.5) is 11.6 Å². The van der Waals surface area contributed by atoms with Crippen molar-refractivity contribution in [2.75, 3.05) is 11.6 Å². The lowest BCUT2D eigenvalue weighted by atomic mass is 10.2. The van der Waals surface area contributed by atoms with Crippen molar-refractivity contribution in [1.82, 2.24) is 19.5 Å². The monoisotopic (exact) mass is 449 g/mol. The SMILES string of the molecule is Cc1ncc(-c2nc(Nc3ccc(S(C)(=O)=O)cc3)ncc2Br)n1C(C)C. The number of anilines is 2. The topological polar surface area (TPSA) is 89.8 Å². The van der Waals surface area contributed by atoms with Crippen LogP contribution in [0.15, 0.2) is 46.0 Å². The minimum atomic E-state index is -3.23. The Hall–Kier alpha value is -2.26. The molecule has 142 valence electrons. The molecule has 2 aromatic heterocycles. The molecule has 0 aliphatic rings. The van der Waals surface area contributed by atoms with Crippen molar-refractivity contribution in [2.45, 2.75) is 31.7 Å². The van der Waals surface area contributed by atoms with Crippen LogP contribution in [0.3, 0.4) is 0 Å². The lowest BCUT2D eigenvalue weighted by Crippen LogP contribution is -2.07. The summed E-state index contributed by atoms with van der Waals surface area (Å²) < 4.78 is 26.0. The highest BCUT2D eigenvalue weighted by Gasteiger charge is 2.16. The van der Waals surface area contributed by atoms with Gasteiger partial charge in [-0.2, -0.15) is 0 Å². The van der Waals surface area contributed by atoms with Crippen molar-refractivity contribution < 1.29 is 8.42 Å². The van der Waals surface area contributed by atoms with Crippen LogP contribution in [-0.4, -0.2) is 34.2 Å². The molecule has 27 heavy (non-hydrogen) atoms. The molecule has 0 aliphatic carbocycles. The van der Waals surface area contributed by atoms with E-state index in [1.165, 1.54) is 6.26 Å². The highest BCUT2D eigenvalue weighted by molar-refractivity contribution is 9.10. The number of rotatable bonds is 5. The van der Waals surface area contributed by atoms with Crippen molar-refractivity contribution in [1.29, 1.82) is 0 Å². The van der Waals surface area contributed by atoms with Gasteiger partial charge in [0.1, 0.15) is 11.5 Å². The number of hydrogen-bond donors (Lipinski definition) is 1. The number of sulfone groups is 1. The van der Waals surface area contributed by atoms with Gasteiger partial charge in [0.2, 0.25) is 5.95 Å². The summed E-state index contributed by atoms with van der Waals surface area (Å²) in [7, 11) is -3.23. The zero-order valence-corrected chi connectivity index (χ0v) is 17.8. The van der Waals surface area contributed by atoms with Crippen LogP contribution >= 0.6 is 15.9 Å². The van der Waals surface area contributed by atoms with E-state index in [0.29, 0.717) is 11.6 Å². The number of nitrogens with one attached hydrogen (secondary N) is 1. The average Bonchev–Trinajstić information content (AvgIpc) is 2.98. The van der Waals surface area contributed by atoms with Gasteiger partial charge in [-0.15, -0.1) is 0 Å². The first-order valence-electron chi connectivity index (χ1n) is 8.30. The first-order valence-corrected chi connectivity index (χ1v) is 11.0. The zero-order chi connectivity index (χ0) is 19.8. The molecular formula is C18H20BrN5O2S. The molecule has 2 heterocycles. The molecule has 0 fully saturated rings. The van der Waals surface area contributed by atoms with Gasteiger partial charge in [-0.05, 0) is 61.0 Å². The van der Waals surface area contributed by atoms with Gasteiger partial charge in [0.05, 0.1) is 21.3 Å². The molecule has 0 unspecified atom stereocenters. The zero-order valence-electron chi connectivity index (χ0n) is 15.4. The molecule has 0 saturated heterocycles. The molecule has 7 nitrogen and oxygen atoms in total. The third-order valence-corrected chi connectivity index (χ3v) is 5.73. The Kier molecular flexibility index (Phi) is 5.34. The van der Waals surface area contributed by atoms with Gasteiger partial charge >= 0.3 is 0 Å². The summed E-state index contributed by atoms with van der Waals surface area (Å²) >= 11 is 3.52. The van der Waals surface area contributed by atoms with Crippen LogP contribution in [0.25, 0.3) is 11.4 Å². The van der Waals surface area contributed by atoms with E-state index in [-0.39, 0.29) is 10.9 Å². The maximum atomic E-state index is 11.6. The van der Waals surface area contributed by atoms with Crippen molar-refractivity contribution in [3.8, 4) is 11.4 Å². The van der Waals surface area contributed by atoms with Crippen molar-refractivity contribution in [3.05, 3.63) is 47.0 Å². The number of halogens is 1. The summed E-state index contributed by atoms with van der Waals surface area (Å²) in [6.45, 7) is 6.15. The fourth-order valence-corrected chi connectivity index (χ4v) is 3.83. The Morgan fingerprint density at radius 2 is 1.78 bits per heavy atom. The summed E-state index contributed by atoms with van der Waals surface area (Å²) in [5.41, 5.74) is 2.33. The van der Waals surface area contributed by atoms with E-state index in [0.717, 1.165) is 21.7 Å². The second-order valence-electron chi connectivity index (χ2n) is 6.47. The summed E-state index contributed by atoms with van der Waals surface area (Å²) in [6.07, 6.45) is 4.66. The molecule has 0 spiro atoms. The molecule has 0 saturated carbocycles. The second-order valence-corrected chi connectivity index (χ2v) is 9.34. The van der Waals surface area contributed by atoms with Crippen molar-refractivity contribution in [2.24, 2.45) is 0 Å². The molecule has 3 aromatic rings. The molecular weight excluding hydrogens is 430 g/mol. The van der Waals surface area contributed by atoms with E-state index in [9.17, 15) is 8.42 Å². The van der Waals surface area contributed by atoms with Crippen LogP contribution in [0.5, 0.6) is 0 Å². The number of aryl methyl sites for hydroxylation is 1. The Morgan fingerprint density at radius 3 is 2.37 bits per heavy atom. The predicted octanol–water partition coefficient (Wildman–Crippen LogP) is 4.14. The molecule has 0 bridgehead atoms. The standard InChI is InChI=1S/C18H20BrN5O2S/c1-11(2)24-12(3)20-10-16(24)17-15(19)9-21-18(23-17)22-13-5-7-14(8-6-13)27(4,25)26/h5-11H,1-4H3,(H,21,22,23). The molecule has 0 aliphatic heterocycles. The maximum Gasteiger partial charge on any atom is 0.227 e. The molecule has 3 rings (SSSR count). The maximum absolute atomic E-state index is 11.6. The molecule has 0 atom stereocenters. The predicted molar refractivity (Wildman–Crippen MR) is 109 cm³/mol. The van der Waals surface area contributed by atoms with E-state index in [2.05, 4.69) is 54.6 Å². The number of aromatic nitrogens is 4. The van der Waals surface area contributed by atoms with E-state index < -0.39 is 9.84 Å². The first kappa shape index (κ1) is 19.5. The lowest BCUT2D eigenvalue weighted by molar-refractivity contribution is 0.587. The Labute approximate surface area is 166 Å². The number of benzene rings is 1. The number of hydrogen-bond acceptors (Lipinski definition) is 6. The van der Waals surface area contributed by atoms with E-state index in [1.807, 2.05) is 6.92 Å². The van der Waals surface area contributed by atoms with Gasteiger partial charge in [-0.25, -0.2) is 23.4 Å². The third kappa shape index (κ3) is 4.19. The second kappa shape index (κ2) is 7.40. The van der Waals surface area contributed by atoms with Gasteiger partial charge in [0.25, 0.3) is 0 Å². The summed E-state index contributed by atoms with van der Waals surface area (Å²) in [4.78, 5) is 13.6. The van der Waals surface area contributed by atoms with E-state index in [4.69, 9.17) is 0 Å². The van der Waals surface area contributed by atoms with Crippen LogP contribution in [-0.2, 0) is 9.84 Å². The number of imidazole rings is 1. The fraction of sp³-hybridized carbons (Fsp3) is 0.278. The lowest BCUT2D eigenvalue weighted by Gasteiger charge is -2.15. The molecule has 0 amide bonds. The molecule has 1 aromatic carbocycles. The van der Waals surface area contributed by atoms with Crippen molar-refractivity contribution >= 4 is 37.4 Å². The van der Waals surface area contributed by atoms with Gasteiger partial charge < -0.3 is 9.88 Å². The highest BCUT2D eigenvalue weighted by atomic mass is 79.9. The Bertz CT molecular complexity index is 1080. The van der Waals surface area contributed by atoms with Gasteiger partial charge in [0, 0.05) is 24.2 Å². The Balaban J connectivity index is 1.95. The first-order chi connectivity index (χ1) is 12.7. The fourth-order valence-electron chi connectivity index (χ4n) is 2.80. The van der Waals surface area contributed by atoms with Gasteiger partial charge in [-0.3, -0.25) is 0 Å². The number of nitrogens with zero attached hydrogens (tertiary/aromatic N) is 4. The van der Waals surface area contributed by atoms with Crippen LogP contribution in [0, 0.1) is 6.92 Å². The van der Waals surface area contributed by atoms with E-state index >= 15 is 0 Å². The highest BCUT2D eigenvalue weighted by Crippen LogP contribution is 2.30. The van der Waals surface area contributed by atoms with Gasteiger partial charge in [-0.1, -0.05) is 0 Å². The van der Waals surface area contributed by atoms with Crippen LogP contribution in [0.1, 0.15) is 25.7 Å². The average molecular weight is 450 g/mol. The van der Waals surface area contributed by atoms with Gasteiger partial charge in [0.15, 0.2) is 9.84 Å². The molecule has 0 radical (unpaired) electrons. The minimum absolute atomic E-state index is 0.240. The quantitative estimate of drug-likeness (QED) is 0.629. The third-order valence-electron chi connectivity index (χ3n) is 4.02. The molecule has 1 N–H and O–H groups in total. The smallest absolute Gasteiger partial charge is 0.227 e. The van der Waals surface area contributed by atoms with E-state index in [1.54, 1.807) is 36.7 Å².